The van der Waals surface area contributed by atoms with Crippen molar-refractivity contribution in [3.8, 4) is 0 Å². The van der Waals surface area contributed by atoms with E-state index < -0.39 is 0 Å². The Labute approximate surface area is 120 Å². The van der Waals surface area contributed by atoms with Gasteiger partial charge in [-0.2, -0.15) is 0 Å². The van der Waals surface area contributed by atoms with Crippen LogP contribution in [0.15, 0.2) is 0 Å². The van der Waals surface area contributed by atoms with Crippen LogP contribution in [0.5, 0.6) is 0 Å². The molecule has 3 unspecified atom stereocenters. The van der Waals surface area contributed by atoms with Crippen LogP contribution in [-0.2, 0) is 0 Å². The minimum absolute atomic E-state index is 0.522. The maximum atomic E-state index is 3.82. The summed E-state index contributed by atoms with van der Waals surface area (Å²) in [6.07, 6.45) is 8.23. The van der Waals surface area contributed by atoms with Crippen molar-refractivity contribution in [3.63, 3.8) is 0 Å². The summed E-state index contributed by atoms with van der Waals surface area (Å²) in [5, 5.41) is 3.82. The average molecular weight is 266 g/mol. The highest BCUT2D eigenvalue weighted by Crippen LogP contribution is 2.34. The molecular formula is C17H34N2. The fourth-order valence-corrected chi connectivity index (χ4v) is 4.07. The summed E-state index contributed by atoms with van der Waals surface area (Å²) >= 11 is 0. The van der Waals surface area contributed by atoms with Crippen LogP contribution in [0, 0.1) is 11.3 Å². The molecule has 2 aliphatic rings. The first-order valence-corrected chi connectivity index (χ1v) is 8.49. The highest BCUT2D eigenvalue weighted by molar-refractivity contribution is 4.93. The lowest BCUT2D eigenvalue weighted by molar-refractivity contribution is 0.0344. The predicted molar refractivity (Wildman–Crippen MR) is 83.5 cm³/mol. The normalized spacial score (nSPS) is 36.3. The van der Waals surface area contributed by atoms with Gasteiger partial charge in [0.25, 0.3) is 0 Å². The van der Waals surface area contributed by atoms with Gasteiger partial charge in [-0.25, -0.2) is 0 Å². The van der Waals surface area contributed by atoms with Gasteiger partial charge in [-0.05, 0) is 62.9 Å². The fourth-order valence-electron chi connectivity index (χ4n) is 4.07. The van der Waals surface area contributed by atoms with E-state index in [2.05, 4.69) is 37.9 Å². The van der Waals surface area contributed by atoms with Crippen LogP contribution in [0.4, 0.5) is 0 Å². The number of piperidine rings is 1. The third kappa shape index (κ3) is 4.19. The van der Waals surface area contributed by atoms with Crippen LogP contribution in [0.2, 0.25) is 0 Å². The molecule has 0 radical (unpaired) electrons. The zero-order valence-electron chi connectivity index (χ0n) is 13.5. The fraction of sp³-hybridized carbons (Fsp3) is 1.00. The topological polar surface area (TPSA) is 15.3 Å². The van der Waals surface area contributed by atoms with E-state index in [1.807, 2.05) is 0 Å². The van der Waals surface area contributed by atoms with E-state index in [-0.39, 0.29) is 0 Å². The highest BCUT2D eigenvalue weighted by atomic mass is 15.2. The smallest absolute Gasteiger partial charge is 0.0252 e. The second-order valence-corrected chi connectivity index (χ2v) is 7.78. The SMILES string of the molecule is CCCNC1CCC(C)CC1N1CCCC(C)(C)C1. The summed E-state index contributed by atoms with van der Waals surface area (Å²) in [7, 11) is 0. The van der Waals surface area contributed by atoms with Gasteiger partial charge in [0.2, 0.25) is 0 Å². The summed E-state index contributed by atoms with van der Waals surface area (Å²) in [4.78, 5) is 2.81. The lowest BCUT2D eigenvalue weighted by Crippen LogP contribution is -2.56. The van der Waals surface area contributed by atoms with Crippen molar-refractivity contribution in [2.24, 2.45) is 11.3 Å². The van der Waals surface area contributed by atoms with Crippen LogP contribution < -0.4 is 5.32 Å². The molecule has 2 rings (SSSR count). The summed E-state index contributed by atoms with van der Waals surface area (Å²) < 4.78 is 0. The largest absolute Gasteiger partial charge is 0.312 e. The summed E-state index contributed by atoms with van der Waals surface area (Å²) in [6, 6.07) is 1.53. The van der Waals surface area contributed by atoms with E-state index in [9.17, 15) is 0 Å². The van der Waals surface area contributed by atoms with E-state index in [1.54, 1.807) is 0 Å². The third-order valence-corrected chi connectivity index (χ3v) is 5.13. The molecule has 1 aliphatic carbocycles. The second kappa shape index (κ2) is 6.58. The molecule has 0 bridgehead atoms. The quantitative estimate of drug-likeness (QED) is 0.835. The Morgan fingerprint density at radius 2 is 2.05 bits per heavy atom. The minimum atomic E-state index is 0.522. The first kappa shape index (κ1) is 15.3. The molecule has 2 fully saturated rings. The molecule has 2 heteroatoms. The predicted octanol–water partition coefficient (Wildman–Crippen LogP) is 3.67. The number of hydrogen-bond acceptors (Lipinski definition) is 2. The van der Waals surface area contributed by atoms with Crippen molar-refractivity contribution in [1.82, 2.24) is 10.2 Å². The molecule has 0 amide bonds. The number of hydrogen-bond donors (Lipinski definition) is 1. The maximum Gasteiger partial charge on any atom is 0.0252 e. The minimum Gasteiger partial charge on any atom is -0.312 e. The van der Waals surface area contributed by atoms with Gasteiger partial charge in [0, 0.05) is 18.6 Å². The van der Waals surface area contributed by atoms with Gasteiger partial charge in [-0.1, -0.05) is 27.7 Å². The molecular weight excluding hydrogens is 232 g/mol. The third-order valence-electron chi connectivity index (χ3n) is 5.13. The van der Waals surface area contributed by atoms with Crippen LogP contribution >= 0.6 is 0 Å². The average Bonchev–Trinajstić information content (AvgIpc) is 2.36. The van der Waals surface area contributed by atoms with Crippen LogP contribution in [0.3, 0.4) is 0 Å². The summed E-state index contributed by atoms with van der Waals surface area (Å²) in [5.41, 5.74) is 0.522. The Hall–Kier alpha value is -0.0800. The van der Waals surface area contributed by atoms with Crippen molar-refractivity contribution in [3.05, 3.63) is 0 Å². The summed E-state index contributed by atoms with van der Waals surface area (Å²) in [6.45, 7) is 13.4. The molecule has 1 aliphatic heterocycles. The van der Waals surface area contributed by atoms with Crippen molar-refractivity contribution >= 4 is 0 Å². The molecule has 1 saturated heterocycles. The molecule has 0 aromatic heterocycles. The molecule has 2 nitrogen and oxygen atoms in total. The Bertz CT molecular complexity index is 272. The first-order chi connectivity index (χ1) is 9.02. The second-order valence-electron chi connectivity index (χ2n) is 7.78. The van der Waals surface area contributed by atoms with E-state index >= 15 is 0 Å². The molecule has 0 aromatic rings. The van der Waals surface area contributed by atoms with Crippen molar-refractivity contribution < 1.29 is 0 Å². The molecule has 1 heterocycles. The van der Waals surface area contributed by atoms with Crippen LogP contribution in [0.1, 0.15) is 66.2 Å². The summed E-state index contributed by atoms with van der Waals surface area (Å²) in [5.74, 6) is 0.912. The monoisotopic (exact) mass is 266 g/mol. The molecule has 112 valence electrons. The van der Waals surface area contributed by atoms with Crippen molar-refractivity contribution in [2.45, 2.75) is 78.3 Å². The van der Waals surface area contributed by atoms with Gasteiger partial charge >= 0.3 is 0 Å². The van der Waals surface area contributed by atoms with E-state index in [4.69, 9.17) is 0 Å². The maximum absolute atomic E-state index is 3.82. The number of nitrogens with zero attached hydrogens (tertiary/aromatic N) is 1. The van der Waals surface area contributed by atoms with Gasteiger partial charge < -0.3 is 5.32 Å². The number of rotatable bonds is 4. The standard InChI is InChI=1S/C17H34N2/c1-5-10-18-15-8-7-14(2)12-16(15)19-11-6-9-17(3,4)13-19/h14-16,18H,5-13H2,1-4H3. The Morgan fingerprint density at radius 1 is 1.26 bits per heavy atom. The molecule has 1 N–H and O–H groups in total. The van der Waals surface area contributed by atoms with Crippen LogP contribution in [0.25, 0.3) is 0 Å². The first-order valence-electron chi connectivity index (χ1n) is 8.49. The Morgan fingerprint density at radius 3 is 2.74 bits per heavy atom. The van der Waals surface area contributed by atoms with Gasteiger partial charge in [0.05, 0.1) is 0 Å². The van der Waals surface area contributed by atoms with Gasteiger partial charge in [0.15, 0.2) is 0 Å². The van der Waals surface area contributed by atoms with E-state index in [0.717, 1.165) is 18.0 Å². The van der Waals surface area contributed by atoms with Gasteiger partial charge in [-0.3, -0.25) is 4.90 Å². The molecule has 19 heavy (non-hydrogen) atoms. The van der Waals surface area contributed by atoms with Crippen molar-refractivity contribution in [2.75, 3.05) is 19.6 Å². The highest BCUT2D eigenvalue weighted by Gasteiger charge is 2.36. The van der Waals surface area contributed by atoms with Gasteiger partial charge in [-0.15, -0.1) is 0 Å². The zero-order chi connectivity index (χ0) is 13.9. The Kier molecular flexibility index (Phi) is 5.30. The molecule has 0 aromatic carbocycles. The molecule has 0 spiro atoms. The Balaban J connectivity index is 1.99. The number of likely N-dealkylation sites (tertiary alicyclic amines) is 1. The molecule has 3 atom stereocenters. The van der Waals surface area contributed by atoms with Crippen molar-refractivity contribution in [1.29, 1.82) is 0 Å². The lowest BCUT2D eigenvalue weighted by Gasteiger charge is -2.48. The molecule has 1 saturated carbocycles. The zero-order valence-corrected chi connectivity index (χ0v) is 13.5. The van der Waals surface area contributed by atoms with E-state index in [0.29, 0.717) is 5.41 Å². The lowest BCUT2D eigenvalue weighted by atomic mass is 9.78. The van der Waals surface area contributed by atoms with Gasteiger partial charge in [0.1, 0.15) is 0 Å². The van der Waals surface area contributed by atoms with Crippen LogP contribution in [-0.4, -0.2) is 36.6 Å². The number of nitrogens with one attached hydrogen (secondary N) is 1. The van der Waals surface area contributed by atoms with E-state index in [1.165, 1.54) is 58.2 Å².